The Labute approximate surface area is 424 Å². The van der Waals surface area contributed by atoms with Crippen molar-refractivity contribution in [3.63, 3.8) is 0 Å². The normalized spacial score (nSPS) is 13.3. The van der Waals surface area contributed by atoms with Crippen LogP contribution < -0.4 is 26.4 Å². The molecule has 7 rings (SSSR count). The molecule has 7 aromatic rings. The molecule has 0 aliphatic rings. The van der Waals surface area contributed by atoms with Crippen molar-refractivity contribution >= 4 is 28.0 Å². The molecule has 1 aromatic heterocycles. The molecule has 0 amide bonds. The molecule has 0 saturated heterocycles. The van der Waals surface area contributed by atoms with E-state index in [9.17, 15) is 105 Å². The molecule has 416 valence electrons. The number of hydrogen-bond acceptors (Lipinski definition) is 1. The smallest absolute Gasteiger partial charge is 0.244 e. The first-order chi connectivity index (χ1) is 35.5. The van der Waals surface area contributed by atoms with Crippen molar-refractivity contribution in [2.75, 3.05) is 0 Å². The standard InChI is InChI=1S/C32H12BF24.C19H19N2/c34-25(35,36)13-1-14(26(37,38)39)6-21(5-13)33(22-7-15(27(40,41)42)2-16(8-22)28(43,44)45,23-9-17(29(46,47)48)3-18(10-23)30(49,50)51)24-11-19(31(52,53)54)4-20(12-24)32(55,56)57;1-15-8-9-16(2)18(12-15)19-14-21(11-10-20-19)13-17-6-4-3-5-7-17/h1-12H;3-12,14H,13H2,1-2H3/q-1;+1. The number of nitrogens with zero attached hydrogens (tertiary/aromatic N) is 2. The molecule has 0 spiro atoms. The van der Waals surface area contributed by atoms with Gasteiger partial charge in [-0.3, -0.25) is 0 Å². The highest BCUT2D eigenvalue weighted by Gasteiger charge is 2.47. The third-order valence-electron chi connectivity index (χ3n) is 12.1. The molecule has 0 unspecified atom stereocenters. The van der Waals surface area contributed by atoms with Crippen LogP contribution in [0.25, 0.3) is 11.3 Å². The zero-order valence-electron chi connectivity index (χ0n) is 39.0. The Hall–Kier alpha value is -7.22. The van der Waals surface area contributed by atoms with E-state index in [0.29, 0.717) is 0 Å². The molecule has 0 radical (unpaired) electrons. The van der Waals surface area contributed by atoms with Crippen molar-refractivity contribution in [2.24, 2.45) is 0 Å². The van der Waals surface area contributed by atoms with Crippen LogP contribution in [0.4, 0.5) is 105 Å². The first-order valence-corrected chi connectivity index (χ1v) is 21.8. The van der Waals surface area contributed by atoms with E-state index in [1.54, 1.807) is 0 Å². The van der Waals surface area contributed by atoms with Gasteiger partial charge in [0, 0.05) is 11.1 Å². The Morgan fingerprint density at radius 1 is 0.372 bits per heavy atom. The highest BCUT2D eigenvalue weighted by Crippen LogP contribution is 2.41. The minimum Gasteiger partial charge on any atom is -0.244 e. The minimum absolute atomic E-state index is 0.691. The van der Waals surface area contributed by atoms with Crippen LogP contribution in [0.3, 0.4) is 0 Å². The third-order valence-corrected chi connectivity index (χ3v) is 12.1. The van der Waals surface area contributed by atoms with E-state index in [1.807, 2.05) is 18.5 Å². The lowest BCUT2D eigenvalue weighted by Crippen LogP contribution is -2.75. The second kappa shape index (κ2) is 20.9. The van der Waals surface area contributed by atoms with Crippen LogP contribution in [0.15, 0.2) is 140 Å². The van der Waals surface area contributed by atoms with Gasteiger partial charge < -0.3 is 0 Å². The molecule has 0 bridgehead atoms. The Balaban J connectivity index is 0.000000387. The summed E-state index contributed by atoms with van der Waals surface area (Å²) in [6.07, 6.45) is -48.8. The summed E-state index contributed by atoms with van der Waals surface area (Å²) in [4.78, 5) is 4.53. The van der Waals surface area contributed by atoms with Gasteiger partial charge in [0.15, 0.2) is 18.9 Å². The number of aromatic nitrogens is 2. The van der Waals surface area contributed by atoms with Gasteiger partial charge >= 0.3 is 49.4 Å². The highest BCUT2D eigenvalue weighted by atomic mass is 19.4. The van der Waals surface area contributed by atoms with Gasteiger partial charge in [0.25, 0.3) is 0 Å². The van der Waals surface area contributed by atoms with Crippen molar-refractivity contribution in [3.05, 3.63) is 201 Å². The summed E-state index contributed by atoms with van der Waals surface area (Å²) in [6.45, 7) is 5.11. The van der Waals surface area contributed by atoms with Gasteiger partial charge in [0.1, 0.15) is 11.8 Å². The highest BCUT2D eigenvalue weighted by molar-refractivity contribution is 7.20. The predicted molar refractivity (Wildman–Crippen MR) is 235 cm³/mol. The van der Waals surface area contributed by atoms with Crippen molar-refractivity contribution in [1.29, 1.82) is 0 Å². The molecule has 6 aromatic carbocycles. The van der Waals surface area contributed by atoms with E-state index in [0.717, 1.165) is 12.2 Å². The van der Waals surface area contributed by atoms with Gasteiger partial charge in [-0.05, 0) is 49.7 Å². The molecule has 0 saturated carbocycles. The monoisotopic (exact) mass is 1140 g/mol. The van der Waals surface area contributed by atoms with Gasteiger partial charge in [-0.15, -0.1) is 0 Å². The van der Waals surface area contributed by atoms with Crippen molar-refractivity contribution in [1.82, 2.24) is 4.98 Å². The van der Waals surface area contributed by atoms with E-state index in [2.05, 4.69) is 72.1 Å². The van der Waals surface area contributed by atoms with Crippen molar-refractivity contribution in [3.8, 4) is 11.3 Å². The summed E-state index contributed by atoms with van der Waals surface area (Å²) in [6, 6.07) is 8.16. The molecule has 0 fully saturated rings. The Bertz CT molecular complexity index is 2850. The second-order valence-corrected chi connectivity index (χ2v) is 17.6. The van der Waals surface area contributed by atoms with Gasteiger partial charge in [-0.25, -0.2) is 4.98 Å². The van der Waals surface area contributed by atoms with E-state index in [-0.39, 0.29) is 0 Å². The summed E-state index contributed by atoms with van der Waals surface area (Å²) in [5.74, 6) is 0. The average Bonchev–Trinajstić information content (AvgIpc) is 3.47. The molecular weight excluding hydrogens is 1110 g/mol. The summed E-state index contributed by atoms with van der Waals surface area (Å²) < 4.78 is 343. The second-order valence-electron chi connectivity index (χ2n) is 17.6. The lowest BCUT2D eigenvalue weighted by atomic mass is 9.12. The van der Waals surface area contributed by atoms with E-state index in [4.69, 9.17) is 0 Å². The summed E-state index contributed by atoms with van der Waals surface area (Å²) in [5, 5.41) is 0. The fourth-order valence-electron chi connectivity index (χ4n) is 8.55. The van der Waals surface area contributed by atoms with Gasteiger partial charge in [-0.2, -0.15) is 132 Å². The van der Waals surface area contributed by atoms with E-state index < -0.39 is 195 Å². The summed E-state index contributed by atoms with van der Waals surface area (Å²) >= 11 is 0. The Kier molecular flexibility index (Phi) is 16.1. The topological polar surface area (TPSA) is 16.8 Å². The maximum absolute atomic E-state index is 14.2. The van der Waals surface area contributed by atoms with Crippen LogP contribution in [-0.2, 0) is 56.0 Å². The first-order valence-electron chi connectivity index (χ1n) is 21.8. The molecule has 2 nitrogen and oxygen atoms in total. The number of hydrogen-bond donors (Lipinski definition) is 0. The molecular formula is C51H31BF24N2. The molecule has 0 aliphatic carbocycles. The Morgan fingerprint density at radius 3 is 0.949 bits per heavy atom. The maximum Gasteiger partial charge on any atom is 0.416 e. The van der Waals surface area contributed by atoms with Crippen molar-refractivity contribution < 1.29 is 110 Å². The SMILES string of the molecule is Cc1ccc(C)c(-c2c[n+](Cc3ccccc3)ccn2)c1.FC(F)(F)c1cc([B-](c2cc(C(F)(F)F)cc(C(F)(F)F)c2)(c2cc(C(F)(F)F)cc(C(F)(F)F)c2)c2cc(C(F)(F)F)cc(C(F)(F)F)c2)cc(C(F)(F)F)c1. The van der Waals surface area contributed by atoms with Crippen molar-refractivity contribution in [2.45, 2.75) is 69.8 Å². The number of benzene rings is 6. The molecule has 0 atom stereocenters. The van der Waals surface area contributed by atoms with Gasteiger partial charge in [0.2, 0.25) is 0 Å². The van der Waals surface area contributed by atoms with E-state index >= 15 is 0 Å². The van der Waals surface area contributed by atoms with Gasteiger partial charge in [-0.1, -0.05) is 96.6 Å². The van der Waals surface area contributed by atoms with Crippen LogP contribution in [0.2, 0.25) is 0 Å². The van der Waals surface area contributed by atoms with Crippen LogP contribution in [0.1, 0.15) is 61.2 Å². The third kappa shape index (κ3) is 13.7. The van der Waals surface area contributed by atoms with Crippen LogP contribution in [0, 0.1) is 13.8 Å². The largest absolute Gasteiger partial charge is 0.416 e. The van der Waals surface area contributed by atoms with Crippen LogP contribution >= 0.6 is 0 Å². The zero-order valence-corrected chi connectivity index (χ0v) is 39.0. The van der Waals surface area contributed by atoms with Gasteiger partial charge in [0.05, 0.1) is 50.7 Å². The maximum atomic E-state index is 14.2. The fourth-order valence-corrected chi connectivity index (χ4v) is 8.55. The summed E-state index contributed by atoms with van der Waals surface area (Å²) in [7, 11) is 0. The lowest BCUT2D eigenvalue weighted by Gasteiger charge is -2.46. The molecule has 1 heterocycles. The molecule has 78 heavy (non-hydrogen) atoms. The van der Waals surface area contributed by atoms with Crippen LogP contribution in [-0.4, -0.2) is 11.1 Å². The number of rotatable bonds is 7. The van der Waals surface area contributed by atoms with Crippen LogP contribution in [0.5, 0.6) is 0 Å². The molecule has 0 aliphatic heterocycles. The average molecular weight is 1140 g/mol. The fraction of sp³-hybridized carbons (Fsp3) is 0.216. The Morgan fingerprint density at radius 2 is 0.667 bits per heavy atom. The lowest BCUT2D eigenvalue weighted by molar-refractivity contribution is -0.688. The first kappa shape index (κ1) is 60.0. The summed E-state index contributed by atoms with van der Waals surface area (Å²) in [5.41, 5.74) is -24.2. The zero-order chi connectivity index (χ0) is 58.6. The quantitative estimate of drug-likeness (QED) is 0.0883. The molecule has 0 N–H and O–H groups in total. The molecule has 27 heteroatoms. The number of halogens is 24. The van der Waals surface area contributed by atoms with E-state index in [1.165, 1.54) is 22.3 Å². The minimum atomic E-state index is -6.13. The number of aryl methyl sites for hydroxylation is 2. The predicted octanol–water partition coefficient (Wildman–Crippen LogP) is 14.9. The number of alkyl halides is 24.